The molecule has 158 valence electrons. The Bertz CT molecular complexity index is 1100. The summed E-state index contributed by atoms with van der Waals surface area (Å²) in [5.74, 6) is 1.30. The van der Waals surface area contributed by atoms with Crippen molar-refractivity contribution in [3.05, 3.63) is 40.8 Å². The molecule has 6 nitrogen and oxygen atoms in total. The predicted molar refractivity (Wildman–Crippen MR) is 121 cm³/mol. The molecule has 1 N–H and O–H groups in total. The maximum absolute atomic E-state index is 12.7. The molecule has 0 spiro atoms. The lowest BCUT2D eigenvalue weighted by Gasteiger charge is -2.12. The Morgan fingerprint density at radius 1 is 1.20 bits per heavy atom. The van der Waals surface area contributed by atoms with Gasteiger partial charge in [0.15, 0.2) is 11.5 Å². The normalized spacial score (nSPS) is 13.9. The number of amides is 1. The van der Waals surface area contributed by atoms with Crippen LogP contribution in [-0.4, -0.2) is 36.5 Å². The fourth-order valence-corrected chi connectivity index (χ4v) is 4.89. The SMILES string of the molecule is COc1ccc(-c2nn(C)c3sc(C(=O)NCCC4=CCCCC4)cc23)cc1OC. The number of nitrogens with zero attached hydrogens (tertiary/aromatic N) is 2. The van der Waals surface area contributed by atoms with Crippen molar-refractivity contribution in [2.24, 2.45) is 7.05 Å². The van der Waals surface area contributed by atoms with Gasteiger partial charge in [-0.1, -0.05) is 11.6 Å². The molecular formula is C23H27N3O3S. The van der Waals surface area contributed by atoms with Gasteiger partial charge >= 0.3 is 0 Å². The van der Waals surface area contributed by atoms with Crippen LogP contribution in [-0.2, 0) is 7.05 Å². The topological polar surface area (TPSA) is 65.4 Å². The second-order valence-corrected chi connectivity index (χ2v) is 8.52. The Morgan fingerprint density at radius 2 is 2.03 bits per heavy atom. The highest BCUT2D eigenvalue weighted by Crippen LogP contribution is 2.37. The number of hydrogen-bond donors (Lipinski definition) is 1. The Labute approximate surface area is 180 Å². The summed E-state index contributed by atoms with van der Waals surface area (Å²) in [5, 5.41) is 8.71. The third kappa shape index (κ3) is 4.07. The number of methoxy groups -OCH3 is 2. The van der Waals surface area contributed by atoms with Crippen molar-refractivity contribution in [2.45, 2.75) is 32.1 Å². The Morgan fingerprint density at radius 3 is 2.77 bits per heavy atom. The summed E-state index contributed by atoms with van der Waals surface area (Å²) in [7, 11) is 5.14. The van der Waals surface area contributed by atoms with E-state index in [-0.39, 0.29) is 5.91 Å². The van der Waals surface area contributed by atoms with Gasteiger partial charge < -0.3 is 14.8 Å². The van der Waals surface area contributed by atoms with Gasteiger partial charge in [-0.3, -0.25) is 9.48 Å². The Kier molecular flexibility index (Phi) is 6.08. The molecule has 1 amide bonds. The van der Waals surface area contributed by atoms with Crippen molar-refractivity contribution in [1.29, 1.82) is 0 Å². The third-order valence-corrected chi connectivity index (χ3v) is 6.71. The van der Waals surface area contributed by atoms with Crippen LogP contribution in [0.25, 0.3) is 21.5 Å². The van der Waals surface area contributed by atoms with Crippen molar-refractivity contribution in [3.8, 4) is 22.8 Å². The highest BCUT2D eigenvalue weighted by atomic mass is 32.1. The molecule has 2 aromatic heterocycles. The van der Waals surface area contributed by atoms with Crippen LogP contribution in [0.15, 0.2) is 35.9 Å². The van der Waals surface area contributed by atoms with Gasteiger partial charge in [0.25, 0.3) is 5.91 Å². The standard InChI is InChI=1S/C23H27N3O3S/c1-26-23-17(21(25-26)16-9-10-18(28-2)19(13-16)29-3)14-20(30-23)22(27)24-12-11-15-7-5-4-6-8-15/h7,9-10,13-14H,4-6,8,11-12H2,1-3H3,(H,24,27). The number of ether oxygens (including phenoxy) is 2. The van der Waals surface area contributed by atoms with E-state index < -0.39 is 0 Å². The van der Waals surface area contributed by atoms with Crippen LogP contribution in [0.1, 0.15) is 41.8 Å². The van der Waals surface area contributed by atoms with Gasteiger partial charge in [0.1, 0.15) is 10.5 Å². The average Bonchev–Trinajstić information content (AvgIpc) is 3.34. The number of nitrogens with one attached hydrogen (secondary N) is 1. The zero-order valence-electron chi connectivity index (χ0n) is 17.7. The summed E-state index contributed by atoms with van der Waals surface area (Å²) in [6.07, 6.45) is 8.16. The number of allylic oxidation sites excluding steroid dienone is 1. The summed E-state index contributed by atoms with van der Waals surface area (Å²) >= 11 is 1.47. The maximum atomic E-state index is 12.7. The van der Waals surface area contributed by atoms with Gasteiger partial charge in [0.2, 0.25) is 0 Å². The molecule has 0 unspecified atom stereocenters. The van der Waals surface area contributed by atoms with E-state index in [2.05, 4.69) is 16.5 Å². The number of fused-ring (bicyclic) bond motifs is 1. The first-order valence-corrected chi connectivity index (χ1v) is 11.1. The molecule has 4 rings (SSSR count). The fraction of sp³-hybridized carbons (Fsp3) is 0.391. The number of rotatable bonds is 7. The zero-order valence-corrected chi connectivity index (χ0v) is 18.5. The second kappa shape index (κ2) is 8.92. The molecule has 1 aliphatic rings. The lowest BCUT2D eigenvalue weighted by atomic mass is 9.97. The molecule has 30 heavy (non-hydrogen) atoms. The van der Waals surface area contributed by atoms with Gasteiger partial charge in [0, 0.05) is 24.5 Å². The minimum Gasteiger partial charge on any atom is -0.493 e. The summed E-state index contributed by atoms with van der Waals surface area (Å²) < 4.78 is 12.6. The van der Waals surface area contributed by atoms with E-state index in [1.54, 1.807) is 14.2 Å². The monoisotopic (exact) mass is 425 g/mol. The largest absolute Gasteiger partial charge is 0.493 e. The predicted octanol–water partition coefficient (Wildman–Crippen LogP) is 4.94. The van der Waals surface area contributed by atoms with E-state index in [0.717, 1.165) is 27.9 Å². The van der Waals surface area contributed by atoms with Gasteiger partial charge in [-0.25, -0.2) is 0 Å². The van der Waals surface area contributed by atoms with Crippen molar-refractivity contribution in [3.63, 3.8) is 0 Å². The molecule has 0 radical (unpaired) electrons. The van der Waals surface area contributed by atoms with Crippen LogP contribution < -0.4 is 14.8 Å². The quantitative estimate of drug-likeness (QED) is 0.545. The highest BCUT2D eigenvalue weighted by molar-refractivity contribution is 7.20. The molecule has 1 aromatic carbocycles. The summed E-state index contributed by atoms with van der Waals surface area (Å²) in [4.78, 5) is 14.4. The number of thiophene rings is 1. The zero-order chi connectivity index (χ0) is 21.1. The number of aromatic nitrogens is 2. The van der Waals surface area contributed by atoms with Crippen LogP contribution in [0.3, 0.4) is 0 Å². The minimum atomic E-state index is -0.0223. The third-order valence-electron chi connectivity index (χ3n) is 5.51. The van der Waals surface area contributed by atoms with E-state index in [1.807, 2.05) is 36.0 Å². The van der Waals surface area contributed by atoms with Crippen LogP contribution in [0.5, 0.6) is 11.5 Å². The van der Waals surface area contributed by atoms with Gasteiger partial charge in [-0.2, -0.15) is 5.10 Å². The molecule has 0 atom stereocenters. The van der Waals surface area contributed by atoms with Gasteiger partial charge in [-0.05, 0) is 56.4 Å². The van der Waals surface area contributed by atoms with Gasteiger partial charge in [-0.15, -0.1) is 11.3 Å². The summed E-state index contributed by atoms with van der Waals surface area (Å²) in [6, 6.07) is 7.68. The van der Waals surface area contributed by atoms with Crippen LogP contribution in [0, 0.1) is 0 Å². The van der Waals surface area contributed by atoms with E-state index in [4.69, 9.17) is 9.47 Å². The van der Waals surface area contributed by atoms with Crippen molar-refractivity contribution in [2.75, 3.05) is 20.8 Å². The molecule has 0 bridgehead atoms. The first-order chi connectivity index (χ1) is 14.6. The summed E-state index contributed by atoms with van der Waals surface area (Å²) in [6.45, 7) is 0.680. The number of benzene rings is 1. The number of hydrogen-bond acceptors (Lipinski definition) is 5. The molecule has 2 heterocycles. The Hall–Kier alpha value is -2.80. The molecule has 0 saturated heterocycles. The molecule has 0 aliphatic heterocycles. The van der Waals surface area contributed by atoms with Crippen molar-refractivity contribution >= 4 is 27.5 Å². The molecule has 0 fully saturated rings. The molecule has 0 saturated carbocycles. The maximum Gasteiger partial charge on any atom is 0.261 e. The van der Waals surface area contributed by atoms with E-state index in [9.17, 15) is 4.79 Å². The number of carbonyl (C=O) groups excluding carboxylic acids is 1. The summed E-state index contributed by atoms with van der Waals surface area (Å²) in [5.41, 5.74) is 3.22. The minimum absolute atomic E-state index is 0.0223. The lowest BCUT2D eigenvalue weighted by Crippen LogP contribution is -2.24. The molecule has 1 aliphatic carbocycles. The first-order valence-electron chi connectivity index (χ1n) is 10.3. The molecular weight excluding hydrogens is 398 g/mol. The second-order valence-electron chi connectivity index (χ2n) is 7.49. The van der Waals surface area contributed by atoms with Crippen LogP contribution >= 0.6 is 11.3 Å². The Balaban J connectivity index is 1.54. The van der Waals surface area contributed by atoms with E-state index >= 15 is 0 Å². The lowest BCUT2D eigenvalue weighted by molar-refractivity contribution is 0.0958. The fourth-order valence-electron chi connectivity index (χ4n) is 3.90. The van der Waals surface area contributed by atoms with Crippen LogP contribution in [0.2, 0.25) is 0 Å². The van der Waals surface area contributed by atoms with Gasteiger partial charge in [0.05, 0.1) is 19.1 Å². The average molecular weight is 426 g/mol. The van der Waals surface area contributed by atoms with Crippen molar-refractivity contribution in [1.82, 2.24) is 15.1 Å². The van der Waals surface area contributed by atoms with Crippen LogP contribution in [0.4, 0.5) is 0 Å². The first kappa shape index (κ1) is 20.5. The van der Waals surface area contributed by atoms with Crippen molar-refractivity contribution < 1.29 is 14.3 Å². The molecule has 7 heteroatoms. The number of carbonyl (C=O) groups is 1. The molecule has 3 aromatic rings. The van der Waals surface area contributed by atoms with E-state index in [1.165, 1.54) is 42.6 Å². The number of aryl methyl sites for hydroxylation is 1. The highest BCUT2D eigenvalue weighted by Gasteiger charge is 2.19. The smallest absolute Gasteiger partial charge is 0.261 e. The van der Waals surface area contributed by atoms with E-state index in [0.29, 0.717) is 22.9 Å².